The lowest BCUT2D eigenvalue weighted by molar-refractivity contribution is 0.0600. The molecule has 1 aromatic heterocycles. The zero-order valence-corrected chi connectivity index (χ0v) is 14.0. The van der Waals surface area contributed by atoms with Gasteiger partial charge in [0.05, 0.1) is 36.3 Å². The van der Waals surface area contributed by atoms with Crippen molar-refractivity contribution in [2.45, 2.75) is 20.0 Å². The molecule has 0 fully saturated rings. The molecule has 8 nitrogen and oxygen atoms in total. The van der Waals surface area contributed by atoms with Crippen molar-refractivity contribution in [2.24, 2.45) is 7.05 Å². The van der Waals surface area contributed by atoms with Crippen LogP contribution in [-0.4, -0.2) is 35.0 Å². The summed E-state index contributed by atoms with van der Waals surface area (Å²) in [7, 11) is 3.04. The highest BCUT2D eigenvalue weighted by atomic mass is 16.5. The molecule has 1 aromatic carbocycles. The largest absolute Gasteiger partial charge is 0.489 e. The van der Waals surface area contributed by atoms with E-state index in [1.165, 1.54) is 19.4 Å². The number of urea groups is 1. The van der Waals surface area contributed by atoms with Crippen molar-refractivity contribution in [2.75, 3.05) is 17.7 Å². The van der Waals surface area contributed by atoms with Gasteiger partial charge in [-0.2, -0.15) is 5.10 Å². The predicted octanol–water partition coefficient (Wildman–Crippen LogP) is 2.64. The molecule has 0 atom stereocenters. The third kappa shape index (κ3) is 4.48. The molecular weight excluding hydrogens is 312 g/mol. The summed E-state index contributed by atoms with van der Waals surface area (Å²) in [6.45, 7) is 3.74. The van der Waals surface area contributed by atoms with Gasteiger partial charge >= 0.3 is 12.0 Å². The molecule has 0 saturated heterocycles. The van der Waals surface area contributed by atoms with Crippen molar-refractivity contribution >= 4 is 23.4 Å². The van der Waals surface area contributed by atoms with Crippen molar-refractivity contribution in [1.82, 2.24) is 9.78 Å². The van der Waals surface area contributed by atoms with Gasteiger partial charge in [-0.3, -0.25) is 4.68 Å². The molecule has 2 N–H and O–H groups in total. The molecule has 2 rings (SSSR count). The lowest BCUT2D eigenvalue weighted by atomic mass is 10.2. The van der Waals surface area contributed by atoms with E-state index in [4.69, 9.17) is 9.47 Å². The molecule has 0 aliphatic heterocycles. The van der Waals surface area contributed by atoms with Crippen LogP contribution in [0.25, 0.3) is 0 Å². The number of esters is 1. The summed E-state index contributed by atoms with van der Waals surface area (Å²) < 4.78 is 11.9. The van der Waals surface area contributed by atoms with Crippen LogP contribution in [0.2, 0.25) is 0 Å². The highest BCUT2D eigenvalue weighted by molar-refractivity contribution is 6.01. The van der Waals surface area contributed by atoms with Gasteiger partial charge < -0.3 is 20.1 Å². The van der Waals surface area contributed by atoms with E-state index >= 15 is 0 Å². The van der Waals surface area contributed by atoms with Gasteiger partial charge in [-0.15, -0.1) is 0 Å². The van der Waals surface area contributed by atoms with Gasteiger partial charge in [0, 0.05) is 13.2 Å². The van der Waals surface area contributed by atoms with Crippen molar-refractivity contribution in [3.8, 4) is 5.75 Å². The van der Waals surface area contributed by atoms with E-state index in [1.807, 2.05) is 13.8 Å². The van der Waals surface area contributed by atoms with E-state index in [0.717, 1.165) is 0 Å². The van der Waals surface area contributed by atoms with E-state index in [0.29, 0.717) is 22.7 Å². The van der Waals surface area contributed by atoms with Gasteiger partial charge in [-0.1, -0.05) is 0 Å². The topological polar surface area (TPSA) is 94.5 Å². The van der Waals surface area contributed by atoms with E-state index in [9.17, 15) is 9.59 Å². The number of methoxy groups -OCH3 is 1. The number of anilines is 2. The standard InChI is InChI=1S/C16H20N4O4/c1-10(2)24-14-6-5-11(15(21)23-4)7-13(14)19-16(22)18-12-8-17-20(3)9-12/h5-10H,1-4H3,(H2,18,19,22). The summed E-state index contributed by atoms with van der Waals surface area (Å²) in [6.07, 6.45) is 3.10. The lowest BCUT2D eigenvalue weighted by Gasteiger charge is -2.16. The zero-order chi connectivity index (χ0) is 17.7. The number of hydrogen-bond donors (Lipinski definition) is 2. The Morgan fingerprint density at radius 1 is 1.25 bits per heavy atom. The van der Waals surface area contributed by atoms with Gasteiger partial charge in [0.1, 0.15) is 5.75 Å². The molecule has 1 heterocycles. The van der Waals surface area contributed by atoms with Gasteiger partial charge in [-0.25, -0.2) is 9.59 Å². The molecule has 0 unspecified atom stereocenters. The van der Waals surface area contributed by atoms with E-state index in [-0.39, 0.29) is 6.10 Å². The second-order valence-electron chi connectivity index (χ2n) is 5.35. The maximum absolute atomic E-state index is 12.1. The molecular formula is C16H20N4O4. The smallest absolute Gasteiger partial charge is 0.337 e. The Hall–Kier alpha value is -3.03. The minimum atomic E-state index is -0.498. The first-order chi connectivity index (χ1) is 11.4. The molecule has 128 valence electrons. The minimum absolute atomic E-state index is 0.0871. The average molecular weight is 332 g/mol. The molecule has 8 heteroatoms. The zero-order valence-electron chi connectivity index (χ0n) is 14.0. The Kier molecular flexibility index (Phi) is 5.41. The molecule has 2 amide bonds. The average Bonchev–Trinajstić information content (AvgIpc) is 2.92. The predicted molar refractivity (Wildman–Crippen MR) is 89.4 cm³/mol. The number of ether oxygens (including phenoxy) is 2. The molecule has 24 heavy (non-hydrogen) atoms. The first-order valence-electron chi connectivity index (χ1n) is 7.34. The first kappa shape index (κ1) is 17.3. The number of hydrogen-bond acceptors (Lipinski definition) is 5. The van der Waals surface area contributed by atoms with E-state index < -0.39 is 12.0 Å². The quantitative estimate of drug-likeness (QED) is 0.821. The summed E-state index contributed by atoms with van der Waals surface area (Å²) in [5, 5.41) is 9.29. The Labute approximate surface area is 139 Å². The van der Waals surface area contributed by atoms with Gasteiger partial charge in [0.2, 0.25) is 0 Å². The number of nitrogens with one attached hydrogen (secondary N) is 2. The Balaban J connectivity index is 2.20. The van der Waals surface area contributed by atoms with Crippen molar-refractivity contribution < 1.29 is 19.1 Å². The summed E-state index contributed by atoms with van der Waals surface area (Å²) in [5.74, 6) is -0.0409. The van der Waals surface area contributed by atoms with Crippen LogP contribution in [0, 0.1) is 0 Å². The van der Waals surface area contributed by atoms with E-state index in [2.05, 4.69) is 15.7 Å². The molecule has 0 aliphatic rings. The highest BCUT2D eigenvalue weighted by Crippen LogP contribution is 2.27. The fraction of sp³-hybridized carbons (Fsp3) is 0.312. The number of aromatic nitrogens is 2. The Morgan fingerprint density at radius 2 is 2.00 bits per heavy atom. The van der Waals surface area contributed by atoms with Crippen molar-refractivity contribution in [3.63, 3.8) is 0 Å². The van der Waals surface area contributed by atoms with Gasteiger partial charge in [0.15, 0.2) is 0 Å². The number of amides is 2. The normalized spacial score (nSPS) is 10.4. The molecule has 0 saturated carbocycles. The van der Waals surface area contributed by atoms with Crippen LogP contribution in [0.3, 0.4) is 0 Å². The highest BCUT2D eigenvalue weighted by Gasteiger charge is 2.14. The van der Waals surface area contributed by atoms with Crippen LogP contribution in [0.5, 0.6) is 5.75 Å². The molecule has 0 aliphatic carbocycles. The summed E-state index contributed by atoms with van der Waals surface area (Å²) in [4.78, 5) is 23.8. The van der Waals surface area contributed by atoms with Crippen LogP contribution >= 0.6 is 0 Å². The van der Waals surface area contributed by atoms with Crippen LogP contribution in [0.1, 0.15) is 24.2 Å². The maximum atomic E-state index is 12.1. The number of nitrogens with zero attached hydrogens (tertiary/aromatic N) is 2. The first-order valence-corrected chi connectivity index (χ1v) is 7.34. The summed E-state index contributed by atoms with van der Waals surface area (Å²) in [6, 6.07) is 4.23. The molecule has 0 spiro atoms. The van der Waals surface area contributed by atoms with E-state index in [1.54, 1.807) is 30.1 Å². The monoisotopic (exact) mass is 332 g/mol. The van der Waals surface area contributed by atoms with Crippen LogP contribution < -0.4 is 15.4 Å². The fourth-order valence-corrected chi connectivity index (χ4v) is 2.00. The SMILES string of the molecule is COC(=O)c1ccc(OC(C)C)c(NC(=O)Nc2cnn(C)c2)c1. The Morgan fingerprint density at radius 3 is 2.58 bits per heavy atom. The third-order valence-electron chi connectivity index (χ3n) is 2.97. The van der Waals surface area contributed by atoms with Gasteiger partial charge in [0.25, 0.3) is 0 Å². The second-order valence-corrected chi connectivity index (χ2v) is 5.35. The molecule has 0 bridgehead atoms. The van der Waals surface area contributed by atoms with Gasteiger partial charge in [-0.05, 0) is 32.0 Å². The number of rotatable bonds is 5. The Bertz CT molecular complexity index is 739. The maximum Gasteiger partial charge on any atom is 0.337 e. The van der Waals surface area contributed by atoms with Crippen LogP contribution in [0.15, 0.2) is 30.6 Å². The number of carbonyl (C=O) groups excluding carboxylic acids is 2. The van der Waals surface area contributed by atoms with Crippen molar-refractivity contribution in [3.05, 3.63) is 36.2 Å². The lowest BCUT2D eigenvalue weighted by Crippen LogP contribution is -2.20. The van der Waals surface area contributed by atoms with Crippen LogP contribution in [0.4, 0.5) is 16.2 Å². The summed E-state index contributed by atoms with van der Waals surface area (Å²) in [5.41, 5.74) is 1.23. The minimum Gasteiger partial charge on any atom is -0.489 e. The second kappa shape index (κ2) is 7.49. The molecule has 0 radical (unpaired) electrons. The van der Waals surface area contributed by atoms with Crippen LogP contribution in [-0.2, 0) is 11.8 Å². The fourth-order valence-electron chi connectivity index (χ4n) is 2.00. The third-order valence-corrected chi connectivity index (χ3v) is 2.97. The number of aryl methyl sites for hydroxylation is 1. The number of carbonyl (C=O) groups is 2. The van der Waals surface area contributed by atoms with Crippen molar-refractivity contribution in [1.29, 1.82) is 0 Å². The summed E-state index contributed by atoms with van der Waals surface area (Å²) >= 11 is 0. The molecule has 2 aromatic rings. The number of benzene rings is 1.